The predicted molar refractivity (Wildman–Crippen MR) is 114 cm³/mol. The lowest BCUT2D eigenvalue weighted by molar-refractivity contribution is 0.0732. The Kier molecular flexibility index (Phi) is 5.43. The smallest absolute Gasteiger partial charge is 0.256 e. The number of H-pyrrole nitrogens is 1. The van der Waals surface area contributed by atoms with Crippen LogP contribution in [-0.2, 0) is 19.4 Å². The molecule has 3 aromatic rings. The summed E-state index contributed by atoms with van der Waals surface area (Å²) >= 11 is 12.0. The van der Waals surface area contributed by atoms with Crippen LogP contribution in [0.15, 0.2) is 47.3 Å². The third-order valence-electron chi connectivity index (χ3n) is 5.19. The van der Waals surface area contributed by atoms with Crippen LogP contribution < -0.4 is 5.56 Å². The average molecular weight is 428 g/mol. The van der Waals surface area contributed by atoms with Gasteiger partial charge in [0, 0.05) is 24.9 Å². The lowest BCUT2D eigenvalue weighted by Gasteiger charge is -2.28. The first-order chi connectivity index (χ1) is 13.9. The molecule has 1 aliphatic rings. The summed E-state index contributed by atoms with van der Waals surface area (Å²) in [5.41, 5.74) is 3.84. The van der Waals surface area contributed by atoms with E-state index in [9.17, 15) is 9.59 Å². The number of carbonyl (C=O) groups excluding carboxylic acids is 1. The van der Waals surface area contributed by atoms with Gasteiger partial charge in [-0.15, -0.1) is 0 Å². The molecule has 0 saturated carbocycles. The second-order valence-electron chi connectivity index (χ2n) is 7.15. The van der Waals surface area contributed by atoms with Crippen molar-refractivity contribution in [1.82, 2.24) is 14.9 Å². The number of aryl methyl sites for hydroxylation is 1. The molecule has 0 radical (unpaired) electrons. The Morgan fingerprint density at radius 3 is 2.72 bits per heavy atom. The fourth-order valence-corrected chi connectivity index (χ4v) is 3.83. The lowest BCUT2D eigenvalue weighted by Crippen LogP contribution is -2.39. The summed E-state index contributed by atoms with van der Waals surface area (Å²) in [6.45, 7) is 2.76. The Morgan fingerprint density at radius 2 is 1.97 bits per heavy atom. The van der Waals surface area contributed by atoms with E-state index < -0.39 is 0 Å². The number of benzene rings is 2. The second-order valence-corrected chi connectivity index (χ2v) is 7.96. The maximum absolute atomic E-state index is 12.8. The highest BCUT2D eigenvalue weighted by molar-refractivity contribution is 6.42. The topological polar surface area (TPSA) is 66.1 Å². The first kappa shape index (κ1) is 19.7. The van der Waals surface area contributed by atoms with Crippen molar-refractivity contribution in [1.29, 1.82) is 0 Å². The summed E-state index contributed by atoms with van der Waals surface area (Å²) in [6.07, 6.45) is 1.11. The van der Waals surface area contributed by atoms with Crippen molar-refractivity contribution < 1.29 is 4.79 Å². The van der Waals surface area contributed by atoms with Gasteiger partial charge in [0.05, 0.1) is 27.8 Å². The summed E-state index contributed by atoms with van der Waals surface area (Å²) in [7, 11) is 0. The molecule has 1 N–H and O–H groups in total. The van der Waals surface area contributed by atoms with Gasteiger partial charge in [-0.25, -0.2) is 4.98 Å². The van der Waals surface area contributed by atoms with Crippen molar-refractivity contribution in [3.05, 3.63) is 96.6 Å². The summed E-state index contributed by atoms with van der Waals surface area (Å²) in [5.74, 6) is 0.463. The van der Waals surface area contributed by atoms with Crippen LogP contribution in [0.4, 0.5) is 0 Å². The fraction of sp³-hybridized carbons (Fsp3) is 0.227. The van der Waals surface area contributed by atoms with Gasteiger partial charge in [-0.2, -0.15) is 0 Å². The fourth-order valence-electron chi connectivity index (χ4n) is 3.53. The van der Waals surface area contributed by atoms with Gasteiger partial charge in [-0.05, 0) is 36.2 Å². The number of nitrogens with zero attached hydrogens (tertiary/aromatic N) is 2. The molecule has 0 aliphatic carbocycles. The van der Waals surface area contributed by atoms with Crippen molar-refractivity contribution in [3.63, 3.8) is 0 Å². The number of carbonyl (C=O) groups is 1. The molecule has 7 heteroatoms. The number of hydrogen-bond donors (Lipinski definition) is 1. The van der Waals surface area contributed by atoms with Crippen molar-refractivity contribution in [2.45, 2.75) is 26.3 Å². The van der Waals surface area contributed by atoms with E-state index in [0.717, 1.165) is 16.8 Å². The summed E-state index contributed by atoms with van der Waals surface area (Å²) in [5, 5.41) is 0.726. The molecule has 1 aliphatic heterocycles. The van der Waals surface area contributed by atoms with Gasteiger partial charge >= 0.3 is 0 Å². The molecular weight excluding hydrogens is 409 g/mol. The Balaban J connectivity index is 1.57. The quantitative estimate of drug-likeness (QED) is 0.681. The highest BCUT2D eigenvalue weighted by atomic mass is 35.5. The first-order valence-corrected chi connectivity index (χ1v) is 10.1. The van der Waals surface area contributed by atoms with Crippen molar-refractivity contribution in [3.8, 4) is 0 Å². The Bertz CT molecular complexity index is 1160. The number of fused-ring (bicyclic) bond motifs is 1. The highest BCUT2D eigenvalue weighted by Gasteiger charge is 2.25. The molecule has 0 saturated heterocycles. The average Bonchev–Trinajstić information content (AvgIpc) is 2.71. The van der Waals surface area contributed by atoms with Gasteiger partial charge in [-0.1, -0.05) is 47.5 Å². The molecule has 148 valence electrons. The standard InChI is InChI=1S/C22H19Cl2N3O2/c1-13-4-2-3-5-14(13)11-20-25-19-8-9-27(12-16(19)21(28)26-20)22(29)15-6-7-17(23)18(24)10-15/h2-7,10H,8-9,11-12H2,1H3,(H,25,26,28). The molecule has 5 nitrogen and oxygen atoms in total. The van der Waals surface area contributed by atoms with E-state index in [1.807, 2.05) is 31.2 Å². The number of hydrogen-bond acceptors (Lipinski definition) is 3. The van der Waals surface area contributed by atoms with Gasteiger partial charge in [-0.3, -0.25) is 9.59 Å². The first-order valence-electron chi connectivity index (χ1n) is 9.32. The monoisotopic (exact) mass is 427 g/mol. The minimum atomic E-state index is -0.190. The largest absolute Gasteiger partial charge is 0.334 e. The normalized spacial score (nSPS) is 13.3. The van der Waals surface area contributed by atoms with E-state index in [-0.39, 0.29) is 18.0 Å². The van der Waals surface area contributed by atoms with Gasteiger partial charge in [0.15, 0.2) is 0 Å². The van der Waals surface area contributed by atoms with E-state index in [1.165, 1.54) is 0 Å². The van der Waals surface area contributed by atoms with Crippen LogP contribution in [0.25, 0.3) is 0 Å². The third-order valence-corrected chi connectivity index (χ3v) is 5.93. The molecule has 1 aromatic heterocycles. The van der Waals surface area contributed by atoms with Crippen LogP contribution in [0, 0.1) is 6.92 Å². The van der Waals surface area contributed by atoms with Crippen LogP contribution in [0.2, 0.25) is 10.0 Å². The third kappa shape index (κ3) is 4.07. The van der Waals surface area contributed by atoms with Crippen molar-refractivity contribution >= 4 is 29.1 Å². The molecular formula is C22H19Cl2N3O2. The number of halogens is 2. The second kappa shape index (κ2) is 8.01. The molecule has 0 unspecified atom stereocenters. The number of amides is 1. The molecule has 1 amide bonds. The van der Waals surface area contributed by atoms with Crippen LogP contribution in [0.3, 0.4) is 0 Å². The van der Waals surface area contributed by atoms with E-state index in [2.05, 4.69) is 9.97 Å². The van der Waals surface area contributed by atoms with Crippen LogP contribution in [-0.4, -0.2) is 27.3 Å². The molecule has 0 spiro atoms. The molecule has 0 atom stereocenters. The van der Waals surface area contributed by atoms with Crippen LogP contribution in [0.1, 0.15) is 38.6 Å². The van der Waals surface area contributed by atoms with E-state index in [1.54, 1.807) is 23.1 Å². The van der Waals surface area contributed by atoms with E-state index in [0.29, 0.717) is 46.4 Å². The van der Waals surface area contributed by atoms with E-state index in [4.69, 9.17) is 23.2 Å². The molecule has 2 heterocycles. The molecule has 0 bridgehead atoms. The van der Waals surface area contributed by atoms with Gasteiger partial charge in [0.2, 0.25) is 0 Å². The summed E-state index contributed by atoms with van der Waals surface area (Å²) < 4.78 is 0. The Labute approximate surface area is 178 Å². The summed E-state index contributed by atoms with van der Waals surface area (Å²) in [4.78, 5) is 34.7. The van der Waals surface area contributed by atoms with Crippen LogP contribution in [0.5, 0.6) is 0 Å². The zero-order valence-corrected chi connectivity index (χ0v) is 17.3. The molecule has 4 rings (SSSR count). The Morgan fingerprint density at radius 1 is 1.17 bits per heavy atom. The van der Waals surface area contributed by atoms with Gasteiger partial charge in [0.1, 0.15) is 5.82 Å². The zero-order chi connectivity index (χ0) is 20.5. The summed E-state index contributed by atoms with van der Waals surface area (Å²) in [6, 6.07) is 12.8. The number of aromatic amines is 1. The van der Waals surface area contributed by atoms with Gasteiger partial charge < -0.3 is 9.88 Å². The number of rotatable bonds is 3. The highest BCUT2D eigenvalue weighted by Crippen LogP contribution is 2.24. The maximum atomic E-state index is 12.8. The minimum Gasteiger partial charge on any atom is -0.334 e. The SMILES string of the molecule is Cc1ccccc1Cc1nc2c(c(=O)[nH]1)CN(C(=O)c1ccc(Cl)c(Cl)c1)CC2. The van der Waals surface area contributed by atoms with Crippen molar-refractivity contribution in [2.75, 3.05) is 6.54 Å². The van der Waals surface area contributed by atoms with Gasteiger partial charge in [0.25, 0.3) is 11.5 Å². The zero-order valence-electron chi connectivity index (χ0n) is 15.8. The predicted octanol–water partition coefficient (Wildman–Crippen LogP) is 4.17. The number of aromatic nitrogens is 2. The van der Waals surface area contributed by atoms with Crippen molar-refractivity contribution in [2.24, 2.45) is 0 Å². The number of nitrogens with one attached hydrogen (secondary N) is 1. The van der Waals surface area contributed by atoms with Crippen LogP contribution >= 0.6 is 23.2 Å². The molecule has 2 aromatic carbocycles. The van der Waals surface area contributed by atoms with E-state index >= 15 is 0 Å². The Hall–Kier alpha value is -2.63. The molecule has 29 heavy (non-hydrogen) atoms. The maximum Gasteiger partial charge on any atom is 0.256 e. The molecule has 0 fully saturated rings. The lowest BCUT2D eigenvalue weighted by atomic mass is 10.0. The minimum absolute atomic E-state index is 0.183.